The standard InChI is InChI=1S/C19H17F2NO3/c1-11-9-13-5-3-4-6-17(13)22(11)18(23)12(2)25-19(24)15-8-7-14(20)10-16(15)21/h3-8,10-12H,9H2,1-2H3/t11-,12+/m1/s1. The van der Waals surface area contributed by atoms with E-state index in [0.717, 1.165) is 29.8 Å². The van der Waals surface area contributed by atoms with Gasteiger partial charge in [-0.15, -0.1) is 0 Å². The first-order valence-electron chi connectivity index (χ1n) is 7.95. The molecule has 0 spiro atoms. The van der Waals surface area contributed by atoms with Crippen LogP contribution in [0.3, 0.4) is 0 Å². The molecule has 130 valence electrons. The summed E-state index contributed by atoms with van der Waals surface area (Å²) in [7, 11) is 0. The lowest BCUT2D eigenvalue weighted by molar-refractivity contribution is -0.126. The highest BCUT2D eigenvalue weighted by Crippen LogP contribution is 2.32. The lowest BCUT2D eigenvalue weighted by Crippen LogP contribution is -2.43. The second-order valence-electron chi connectivity index (χ2n) is 6.06. The second-order valence-corrected chi connectivity index (χ2v) is 6.06. The number of hydrogen-bond donors (Lipinski definition) is 0. The highest BCUT2D eigenvalue weighted by molar-refractivity contribution is 6.00. The molecule has 6 heteroatoms. The Kier molecular flexibility index (Phi) is 4.53. The van der Waals surface area contributed by atoms with Gasteiger partial charge in [-0.05, 0) is 44.0 Å². The number of hydrogen-bond acceptors (Lipinski definition) is 3. The van der Waals surface area contributed by atoms with Crippen LogP contribution in [0, 0.1) is 11.6 Å². The summed E-state index contributed by atoms with van der Waals surface area (Å²) in [6.07, 6.45) is -0.375. The quantitative estimate of drug-likeness (QED) is 0.800. The van der Waals surface area contributed by atoms with Crippen molar-refractivity contribution in [3.63, 3.8) is 0 Å². The topological polar surface area (TPSA) is 46.6 Å². The van der Waals surface area contributed by atoms with Crippen LogP contribution in [-0.4, -0.2) is 24.0 Å². The third-order valence-corrected chi connectivity index (χ3v) is 4.23. The van der Waals surface area contributed by atoms with Crippen molar-refractivity contribution in [3.8, 4) is 0 Å². The van der Waals surface area contributed by atoms with Crippen LogP contribution in [0.15, 0.2) is 42.5 Å². The van der Waals surface area contributed by atoms with Crippen molar-refractivity contribution in [1.82, 2.24) is 0 Å². The van der Waals surface area contributed by atoms with Crippen molar-refractivity contribution in [1.29, 1.82) is 0 Å². The Bertz CT molecular complexity index is 837. The Hall–Kier alpha value is -2.76. The van der Waals surface area contributed by atoms with Crippen molar-refractivity contribution in [3.05, 3.63) is 65.2 Å². The van der Waals surface area contributed by atoms with Gasteiger partial charge in [-0.1, -0.05) is 18.2 Å². The van der Waals surface area contributed by atoms with Gasteiger partial charge in [0.25, 0.3) is 5.91 Å². The average Bonchev–Trinajstić information content (AvgIpc) is 2.89. The molecule has 0 N–H and O–H groups in total. The number of benzene rings is 2. The second kappa shape index (κ2) is 6.63. The first-order valence-corrected chi connectivity index (χ1v) is 7.95. The number of nitrogens with zero attached hydrogens (tertiary/aromatic N) is 1. The molecular formula is C19H17F2NO3. The highest BCUT2D eigenvalue weighted by atomic mass is 19.1. The number of rotatable bonds is 3. The van der Waals surface area contributed by atoms with Gasteiger partial charge < -0.3 is 9.64 Å². The van der Waals surface area contributed by atoms with E-state index in [1.165, 1.54) is 6.92 Å². The average molecular weight is 345 g/mol. The Morgan fingerprint density at radius 3 is 2.64 bits per heavy atom. The third kappa shape index (κ3) is 3.24. The molecule has 0 aliphatic carbocycles. The van der Waals surface area contributed by atoms with Gasteiger partial charge in [0, 0.05) is 17.8 Å². The van der Waals surface area contributed by atoms with Gasteiger partial charge in [-0.2, -0.15) is 0 Å². The van der Waals surface area contributed by atoms with Crippen LogP contribution in [-0.2, 0) is 16.0 Å². The lowest BCUT2D eigenvalue weighted by Gasteiger charge is -2.26. The van der Waals surface area contributed by atoms with Gasteiger partial charge in [0.1, 0.15) is 11.6 Å². The third-order valence-electron chi connectivity index (χ3n) is 4.23. The fourth-order valence-corrected chi connectivity index (χ4v) is 3.03. The minimum absolute atomic E-state index is 0.0615. The van der Waals surface area contributed by atoms with E-state index in [9.17, 15) is 18.4 Å². The van der Waals surface area contributed by atoms with Crippen LogP contribution >= 0.6 is 0 Å². The summed E-state index contributed by atoms with van der Waals surface area (Å²) >= 11 is 0. The summed E-state index contributed by atoms with van der Waals surface area (Å²) in [4.78, 5) is 26.4. The highest BCUT2D eigenvalue weighted by Gasteiger charge is 2.34. The van der Waals surface area contributed by atoms with E-state index in [2.05, 4.69) is 0 Å². The molecule has 1 heterocycles. The summed E-state index contributed by atoms with van der Waals surface area (Å²) < 4.78 is 31.7. The monoisotopic (exact) mass is 345 g/mol. The number of fused-ring (bicyclic) bond motifs is 1. The van der Waals surface area contributed by atoms with Gasteiger partial charge in [0.2, 0.25) is 0 Å². The van der Waals surface area contributed by atoms with Gasteiger partial charge in [0.05, 0.1) is 5.56 Å². The van der Waals surface area contributed by atoms with E-state index in [1.54, 1.807) is 4.90 Å². The van der Waals surface area contributed by atoms with Crippen molar-refractivity contribution in [2.45, 2.75) is 32.4 Å². The molecule has 0 bridgehead atoms. The maximum atomic E-state index is 13.7. The molecule has 0 unspecified atom stereocenters. The summed E-state index contributed by atoms with van der Waals surface area (Å²) in [6.45, 7) is 3.35. The molecule has 25 heavy (non-hydrogen) atoms. The van der Waals surface area contributed by atoms with Crippen LogP contribution in [0.1, 0.15) is 29.8 Å². The van der Waals surface area contributed by atoms with Crippen LogP contribution < -0.4 is 4.90 Å². The van der Waals surface area contributed by atoms with Crippen molar-refractivity contribution in [2.24, 2.45) is 0 Å². The molecule has 0 saturated carbocycles. The van der Waals surface area contributed by atoms with Crippen molar-refractivity contribution < 1.29 is 23.1 Å². The molecule has 2 atom stereocenters. The maximum absolute atomic E-state index is 13.7. The minimum Gasteiger partial charge on any atom is -0.449 e. The van der Waals surface area contributed by atoms with E-state index in [4.69, 9.17) is 4.74 Å². The van der Waals surface area contributed by atoms with E-state index in [-0.39, 0.29) is 11.9 Å². The fourth-order valence-electron chi connectivity index (χ4n) is 3.03. The molecule has 1 amide bonds. The number of ether oxygens (including phenoxy) is 1. The fraction of sp³-hybridized carbons (Fsp3) is 0.263. The van der Waals surface area contributed by atoms with Crippen LogP contribution in [0.25, 0.3) is 0 Å². The van der Waals surface area contributed by atoms with E-state index in [1.807, 2.05) is 31.2 Å². The molecule has 1 aliphatic rings. The van der Waals surface area contributed by atoms with Gasteiger partial charge >= 0.3 is 5.97 Å². The lowest BCUT2D eigenvalue weighted by atomic mass is 10.1. The zero-order valence-corrected chi connectivity index (χ0v) is 13.8. The summed E-state index contributed by atoms with van der Waals surface area (Å²) in [5.74, 6) is -3.20. The summed E-state index contributed by atoms with van der Waals surface area (Å²) in [6, 6.07) is 10.0. The summed E-state index contributed by atoms with van der Waals surface area (Å²) in [5, 5.41) is 0. The van der Waals surface area contributed by atoms with Crippen LogP contribution in [0.5, 0.6) is 0 Å². The number of anilines is 1. The minimum atomic E-state index is -1.09. The Morgan fingerprint density at radius 2 is 1.92 bits per heavy atom. The Labute approximate surface area is 144 Å². The van der Waals surface area contributed by atoms with Gasteiger partial charge in [-0.25, -0.2) is 13.6 Å². The molecule has 0 radical (unpaired) electrons. The number of halogens is 2. The number of para-hydroxylation sites is 1. The van der Waals surface area contributed by atoms with E-state index < -0.39 is 29.3 Å². The first-order chi connectivity index (χ1) is 11.9. The van der Waals surface area contributed by atoms with Crippen LogP contribution in [0.2, 0.25) is 0 Å². The molecule has 2 aromatic carbocycles. The zero-order chi connectivity index (χ0) is 18.1. The van der Waals surface area contributed by atoms with Crippen LogP contribution in [0.4, 0.5) is 14.5 Å². The maximum Gasteiger partial charge on any atom is 0.341 e. The predicted octanol–water partition coefficient (Wildman–Crippen LogP) is 3.49. The zero-order valence-electron chi connectivity index (χ0n) is 13.8. The van der Waals surface area contributed by atoms with Crippen molar-refractivity contribution in [2.75, 3.05) is 4.90 Å². The molecule has 0 fully saturated rings. The van der Waals surface area contributed by atoms with Gasteiger partial charge in [-0.3, -0.25) is 4.79 Å². The molecule has 0 aromatic heterocycles. The molecule has 0 saturated heterocycles. The van der Waals surface area contributed by atoms with E-state index in [0.29, 0.717) is 6.07 Å². The number of carbonyl (C=O) groups is 2. The largest absolute Gasteiger partial charge is 0.449 e. The van der Waals surface area contributed by atoms with Gasteiger partial charge in [0.15, 0.2) is 6.10 Å². The summed E-state index contributed by atoms with van der Waals surface area (Å²) in [5.41, 5.74) is 1.43. The Morgan fingerprint density at radius 1 is 1.20 bits per heavy atom. The van der Waals surface area contributed by atoms with E-state index >= 15 is 0 Å². The molecule has 2 aromatic rings. The molecular weight excluding hydrogens is 328 g/mol. The van der Waals surface area contributed by atoms with Crippen molar-refractivity contribution >= 4 is 17.6 Å². The Balaban J connectivity index is 1.76. The SMILES string of the molecule is C[C@H](OC(=O)c1ccc(F)cc1F)C(=O)N1c2ccccc2C[C@H]1C. The number of amides is 1. The number of carbonyl (C=O) groups excluding carboxylic acids is 2. The predicted molar refractivity (Wildman–Crippen MR) is 88.3 cm³/mol. The first kappa shape index (κ1) is 17.1. The smallest absolute Gasteiger partial charge is 0.341 e. The number of esters is 1. The molecule has 1 aliphatic heterocycles. The normalized spacial score (nSPS) is 17.1. The molecule has 4 nitrogen and oxygen atoms in total. The molecule has 3 rings (SSSR count).